The quantitative estimate of drug-likeness (QED) is 0.175. The second kappa shape index (κ2) is 17.0. The van der Waals surface area contributed by atoms with Crippen LogP contribution in [0.4, 0.5) is 0 Å². The molecule has 0 radical (unpaired) electrons. The summed E-state index contributed by atoms with van der Waals surface area (Å²) in [4.78, 5) is 0. The summed E-state index contributed by atoms with van der Waals surface area (Å²) in [6.07, 6.45) is 18.1. The molecule has 0 aliphatic carbocycles. The molecule has 0 heterocycles. The van der Waals surface area contributed by atoms with Crippen LogP contribution in [0, 0.1) is 0 Å². The fraction of sp³-hybridized carbons (Fsp3) is 1.00. The smallest absolute Gasteiger partial charge is 0.101 e. The fourth-order valence-corrected chi connectivity index (χ4v) is 3.27. The van der Waals surface area contributed by atoms with Crippen LogP contribution in [0.2, 0.25) is 0 Å². The first kappa shape index (κ1) is 21.7. The van der Waals surface area contributed by atoms with Gasteiger partial charge < -0.3 is 4.74 Å². The number of hydrogen-bond donors (Lipinski definition) is 2. The Morgan fingerprint density at radius 2 is 0.905 bits per heavy atom. The van der Waals surface area contributed by atoms with Crippen LogP contribution in [0.5, 0.6) is 0 Å². The first-order valence-corrected chi connectivity index (χ1v) is 10.3. The van der Waals surface area contributed by atoms with Crippen LogP contribution in [-0.2, 0) is 4.74 Å². The van der Waals surface area contributed by atoms with Crippen molar-refractivity contribution in [2.24, 2.45) is 0 Å². The molecule has 2 atom stereocenters. The predicted molar refractivity (Wildman–Crippen MR) is 103 cm³/mol. The zero-order valence-electron chi connectivity index (χ0n) is 14.4. The molecule has 1 nitrogen and oxygen atoms in total. The van der Waals surface area contributed by atoms with Crippen molar-refractivity contribution in [3.05, 3.63) is 0 Å². The van der Waals surface area contributed by atoms with Gasteiger partial charge in [0.1, 0.15) is 10.9 Å². The van der Waals surface area contributed by atoms with Crippen molar-refractivity contribution in [1.29, 1.82) is 0 Å². The van der Waals surface area contributed by atoms with E-state index in [0.717, 1.165) is 12.8 Å². The molecule has 2 unspecified atom stereocenters. The number of ether oxygens (including phenoxy) is 1. The van der Waals surface area contributed by atoms with E-state index in [4.69, 9.17) is 4.74 Å². The average Bonchev–Trinajstić information content (AvgIpc) is 2.46. The van der Waals surface area contributed by atoms with E-state index in [0.29, 0.717) is 0 Å². The van der Waals surface area contributed by atoms with Crippen molar-refractivity contribution in [3.8, 4) is 0 Å². The van der Waals surface area contributed by atoms with Crippen LogP contribution in [0.15, 0.2) is 0 Å². The Bertz CT molecular complexity index is 180. The molecule has 3 heteroatoms. The largest absolute Gasteiger partial charge is 0.354 e. The highest BCUT2D eigenvalue weighted by Crippen LogP contribution is 2.19. The van der Waals surface area contributed by atoms with Crippen LogP contribution < -0.4 is 0 Å². The van der Waals surface area contributed by atoms with E-state index in [-0.39, 0.29) is 10.9 Å². The molecule has 0 fully saturated rings. The molecular formula is C18H38OS2. The van der Waals surface area contributed by atoms with Gasteiger partial charge in [0.15, 0.2) is 0 Å². The van der Waals surface area contributed by atoms with E-state index < -0.39 is 0 Å². The molecule has 0 spiro atoms. The molecule has 0 N–H and O–H groups in total. The molecule has 0 aromatic heterocycles. The monoisotopic (exact) mass is 334 g/mol. The molecule has 0 aromatic rings. The summed E-state index contributed by atoms with van der Waals surface area (Å²) in [5.41, 5.74) is 0.137. The molecule has 0 aliphatic heterocycles. The molecule has 0 saturated carbocycles. The molecule has 0 rings (SSSR count). The topological polar surface area (TPSA) is 9.23 Å². The summed E-state index contributed by atoms with van der Waals surface area (Å²) in [6.45, 7) is 4.52. The molecular weight excluding hydrogens is 296 g/mol. The Hall–Kier alpha value is 0.660. The van der Waals surface area contributed by atoms with Crippen molar-refractivity contribution < 1.29 is 4.74 Å². The Balaban J connectivity index is 3.33. The van der Waals surface area contributed by atoms with Gasteiger partial charge in [-0.2, -0.15) is 0 Å². The van der Waals surface area contributed by atoms with Crippen LogP contribution in [0.3, 0.4) is 0 Å². The van der Waals surface area contributed by atoms with Crippen molar-refractivity contribution in [2.75, 3.05) is 0 Å². The summed E-state index contributed by atoms with van der Waals surface area (Å²) in [5.74, 6) is 0. The van der Waals surface area contributed by atoms with Crippen molar-refractivity contribution in [2.45, 2.75) is 115 Å². The summed E-state index contributed by atoms with van der Waals surface area (Å²) in [6, 6.07) is 0. The molecule has 21 heavy (non-hydrogen) atoms. The second-order valence-corrected chi connectivity index (χ2v) is 7.31. The van der Waals surface area contributed by atoms with Gasteiger partial charge in [-0.05, 0) is 12.8 Å². The van der Waals surface area contributed by atoms with Gasteiger partial charge in [0, 0.05) is 0 Å². The van der Waals surface area contributed by atoms with Crippen LogP contribution in [-0.4, -0.2) is 10.9 Å². The van der Waals surface area contributed by atoms with E-state index in [1.54, 1.807) is 0 Å². The highest BCUT2D eigenvalue weighted by molar-refractivity contribution is 7.81. The summed E-state index contributed by atoms with van der Waals surface area (Å²) in [5, 5.41) is 0. The maximum atomic E-state index is 5.83. The minimum atomic E-state index is 0.0683. The first-order chi connectivity index (χ1) is 10.2. The van der Waals surface area contributed by atoms with Crippen molar-refractivity contribution in [1.82, 2.24) is 0 Å². The Morgan fingerprint density at radius 1 is 0.571 bits per heavy atom. The van der Waals surface area contributed by atoms with Crippen molar-refractivity contribution in [3.63, 3.8) is 0 Å². The third-order valence-corrected chi connectivity index (χ3v) is 4.68. The molecule has 0 bridgehead atoms. The minimum absolute atomic E-state index is 0.0683. The van der Waals surface area contributed by atoms with Gasteiger partial charge >= 0.3 is 0 Å². The highest BCUT2D eigenvalue weighted by atomic mass is 32.1. The van der Waals surface area contributed by atoms with Gasteiger partial charge in [-0.15, -0.1) is 25.3 Å². The second-order valence-electron chi connectivity index (χ2n) is 6.16. The number of thiol groups is 2. The van der Waals surface area contributed by atoms with Gasteiger partial charge in [-0.3, -0.25) is 0 Å². The minimum Gasteiger partial charge on any atom is -0.354 e. The number of unbranched alkanes of at least 4 members (excludes halogenated alkanes) is 10. The maximum absolute atomic E-state index is 5.83. The van der Waals surface area contributed by atoms with E-state index in [1.807, 2.05) is 0 Å². The van der Waals surface area contributed by atoms with Gasteiger partial charge in [0.2, 0.25) is 0 Å². The van der Waals surface area contributed by atoms with E-state index in [2.05, 4.69) is 39.1 Å². The van der Waals surface area contributed by atoms with Gasteiger partial charge in [0.25, 0.3) is 0 Å². The van der Waals surface area contributed by atoms with Crippen LogP contribution in [0.1, 0.15) is 104 Å². The Kier molecular flexibility index (Phi) is 17.6. The molecule has 0 amide bonds. The molecule has 0 saturated heterocycles. The Labute approximate surface area is 144 Å². The molecule has 0 aliphatic rings. The maximum Gasteiger partial charge on any atom is 0.101 e. The van der Waals surface area contributed by atoms with Crippen molar-refractivity contribution >= 4 is 25.3 Å². The summed E-state index contributed by atoms with van der Waals surface area (Å²) < 4.78 is 5.83. The van der Waals surface area contributed by atoms with E-state index in [1.165, 1.54) is 77.0 Å². The standard InChI is InChI=1S/C18H38OS2/c1-3-5-7-9-11-13-15-17(20)19-18(21)16-14-12-10-8-6-4-2/h17-18,20-21H,3-16H2,1-2H3. The SMILES string of the molecule is CCCCCCCCC(S)OC(S)CCCCCCCC. The van der Waals surface area contributed by atoms with Gasteiger partial charge in [-0.25, -0.2) is 0 Å². The molecule has 0 aromatic carbocycles. The summed E-state index contributed by atoms with van der Waals surface area (Å²) >= 11 is 9.07. The first-order valence-electron chi connectivity index (χ1n) is 9.22. The number of rotatable bonds is 16. The van der Waals surface area contributed by atoms with E-state index in [9.17, 15) is 0 Å². The lowest BCUT2D eigenvalue weighted by molar-refractivity contribution is 0.0809. The fourth-order valence-electron chi connectivity index (χ4n) is 2.52. The van der Waals surface area contributed by atoms with Gasteiger partial charge in [0.05, 0.1) is 0 Å². The highest BCUT2D eigenvalue weighted by Gasteiger charge is 2.09. The molecule has 128 valence electrons. The average molecular weight is 335 g/mol. The zero-order chi connectivity index (χ0) is 15.8. The lowest BCUT2D eigenvalue weighted by Gasteiger charge is -2.17. The lowest BCUT2D eigenvalue weighted by Crippen LogP contribution is -2.13. The third-order valence-electron chi connectivity index (χ3n) is 3.92. The van der Waals surface area contributed by atoms with Gasteiger partial charge in [-0.1, -0.05) is 90.9 Å². The van der Waals surface area contributed by atoms with E-state index >= 15 is 0 Å². The lowest BCUT2D eigenvalue weighted by atomic mass is 10.1. The predicted octanol–water partition coefficient (Wildman–Crippen LogP) is 7.02. The van der Waals surface area contributed by atoms with Crippen LogP contribution in [0.25, 0.3) is 0 Å². The number of hydrogen-bond acceptors (Lipinski definition) is 3. The Morgan fingerprint density at radius 3 is 1.29 bits per heavy atom. The third kappa shape index (κ3) is 16.9. The summed E-state index contributed by atoms with van der Waals surface area (Å²) in [7, 11) is 0. The normalized spacial score (nSPS) is 14.3. The zero-order valence-corrected chi connectivity index (χ0v) is 16.1. The van der Waals surface area contributed by atoms with Crippen LogP contribution >= 0.6 is 25.3 Å².